The Morgan fingerprint density at radius 3 is 2.88 bits per heavy atom. The lowest BCUT2D eigenvalue weighted by Crippen LogP contribution is -2.35. The number of amides is 1. The number of carboxylic acids is 1. The first-order valence-electron chi connectivity index (χ1n) is 7.92. The van der Waals surface area contributed by atoms with Crippen LogP contribution < -0.4 is 10.1 Å². The Labute approximate surface area is 140 Å². The first-order valence-corrected chi connectivity index (χ1v) is 7.92. The summed E-state index contributed by atoms with van der Waals surface area (Å²) >= 11 is 0. The van der Waals surface area contributed by atoms with Crippen LogP contribution in [0.3, 0.4) is 0 Å². The van der Waals surface area contributed by atoms with E-state index in [4.69, 9.17) is 19.3 Å². The zero-order valence-electron chi connectivity index (χ0n) is 13.9. The lowest BCUT2D eigenvalue weighted by Gasteiger charge is -2.16. The van der Waals surface area contributed by atoms with Crippen LogP contribution in [0.15, 0.2) is 18.2 Å². The Morgan fingerprint density at radius 1 is 1.46 bits per heavy atom. The molecule has 2 atom stereocenters. The molecule has 1 heterocycles. The van der Waals surface area contributed by atoms with Gasteiger partial charge in [-0.05, 0) is 37.5 Å². The van der Waals surface area contributed by atoms with E-state index in [1.807, 2.05) is 0 Å². The Hall–Kier alpha value is -2.12. The lowest BCUT2D eigenvalue weighted by molar-refractivity contribution is -0.133. The first-order chi connectivity index (χ1) is 11.5. The van der Waals surface area contributed by atoms with Crippen LogP contribution >= 0.6 is 0 Å². The van der Waals surface area contributed by atoms with Crippen molar-refractivity contribution >= 4 is 11.9 Å². The minimum Gasteiger partial charge on any atom is -0.496 e. The van der Waals surface area contributed by atoms with Crippen LogP contribution in [0, 0.1) is 0 Å². The molecular formula is C17H23NO6. The summed E-state index contributed by atoms with van der Waals surface area (Å²) in [6.45, 7) is 3.05. The number of hydrogen-bond acceptors (Lipinski definition) is 5. The Morgan fingerprint density at radius 2 is 2.25 bits per heavy atom. The number of carbonyl (C=O) groups is 2. The van der Waals surface area contributed by atoms with Crippen LogP contribution in [0.2, 0.25) is 0 Å². The van der Waals surface area contributed by atoms with Crippen molar-refractivity contribution in [1.82, 2.24) is 5.32 Å². The van der Waals surface area contributed by atoms with Crippen LogP contribution in [0.1, 0.15) is 35.7 Å². The van der Waals surface area contributed by atoms with Gasteiger partial charge in [-0.1, -0.05) is 6.07 Å². The van der Waals surface area contributed by atoms with Gasteiger partial charge in [-0.25, -0.2) is 4.79 Å². The minimum atomic E-state index is -1.08. The highest BCUT2D eigenvalue weighted by molar-refractivity contribution is 5.91. The molecule has 7 nitrogen and oxygen atoms in total. The van der Waals surface area contributed by atoms with E-state index >= 15 is 0 Å². The molecule has 0 aromatic heterocycles. The largest absolute Gasteiger partial charge is 0.496 e. The second-order valence-electron chi connectivity index (χ2n) is 5.67. The number of carboxylic acid groups (broad SMARTS) is 1. The van der Waals surface area contributed by atoms with Crippen molar-refractivity contribution in [2.45, 2.75) is 38.5 Å². The van der Waals surface area contributed by atoms with E-state index in [-0.39, 0.29) is 29.9 Å². The molecule has 1 aromatic carbocycles. The SMILES string of the molecule is COc1ccc(CNC(=O)[C@H](C)OC[C@H]2CCCO2)cc1C(=O)O. The van der Waals surface area contributed by atoms with Gasteiger partial charge in [-0.3, -0.25) is 4.79 Å². The molecule has 7 heteroatoms. The molecular weight excluding hydrogens is 314 g/mol. The van der Waals surface area contributed by atoms with Crippen molar-refractivity contribution in [2.75, 3.05) is 20.3 Å². The zero-order chi connectivity index (χ0) is 17.5. The third-order valence-corrected chi connectivity index (χ3v) is 3.89. The predicted molar refractivity (Wildman–Crippen MR) is 86.2 cm³/mol. The highest BCUT2D eigenvalue weighted by atomic mass is 16.5. The number of ether oxygens (including phenoxy) is 3. The molecule has 2 N–H and O–H groups in total. The molecule has 1 amide bonds. The third kappa shape index (κ3) is 4.94. The molecule has 24 heavy (non-hydrogen) atoms. The standard InChI is InChI=1S/C17H23NO6/c1-11(24-10-13-4-3-7-23-13)16(19)18-9-12-5-6-15(22-2)14(8-12)17(20)21/h5-6,8,11,13H,3-4,7,9-10H2,1-2H3,(H,18,19)(H,20,21)/t11-,13+/m0/s1. The molecule has 132 valence electrons. The van der Waals surface area contributed by atoms with Gasteiger partial charge in [0.2, 0.25) is 5.91 Å². The molecule has 1 aliphatic heterocycles. The lowest BCUT2D eigenvalue weighted by atomic mass is 10.1. The molecule has 0 saturated carbocycles. The summed E-state index contributed by atoms with van der Waals surface area (Å²) in [5, 5.41) is 11.9. The summed E-state index contributed by atoms with van der Waals surface area (Å²) in [4.78, 5) is 23.2. The zero-order valence-corrected chi connectivity index (χ0v) is 13.9. The molecule has 2 rings (SSSR count). The number of rotatable bonds is 8. The summed E-state index contributed by atoms with van der Waals surface area (Å²) in [5.41, 5.74) is 0.736. The van der Waals surface area contributed by atoms with Gasteiger partial charge in [0, 0.05) is 13.2 Å². The fourth-order valence-electron chi connectivity index (χ4n) is 2.47. The van der Waals surface area contributed by atoms with Gasteiger partial charge in [-0.15, -0.1) is 0 Å². The van der Waals surface area contributed by atoms with Gasteiger partial charge in [0.15, 0.2) is 0 Å². The molecule has 1 saturated heterocycles. The number of aromatic carboxylic acids is 1. The van der Waals surface area contributed by atoms with Crippen molar-refractivity contribution in [2.24, 2.45) is 0 Å². The molecule has 0 unspecified atom stereocenters. The van der Waals surface area contributed by atoms with E-state index < -0.39 is 12.1 Å². The van der Waals surface area contributed by atoms with Crippen molar-refractivity contribution in [3.8, 4) is 5.75 Å². The molecule has 1 aliphatic rings. The van der Waals surface area contributed by atoms with E-state index in [0.29, 0.717) is 12.2 Å². The first kappa shape index (κ1) is 18.2. The Balaban J connectivity index is 1.84. The summed E-state index contributed by atoms with van der Waals surface area (Å²) in [5.74, 6) is -1.04. The van der Waals surface area contributed by atoms with E-state index in [2.05, 4.69) is 5.32 Å². The quantitative estimate of drug-likeness (QED) is 0.748. The predicted octanol–water partition coefficient (Wildman–Crippen LogP) is 1.59. The third-order valence-electron chi connectivity index (χ3n) is 3.89. The van der Waals surface area contributed by atoms with Crippen LogP contribution in [0.5, 0.6) is 5.75 Å². The second-order valence-corrected chi connectivity index (χ2v) is 5.67. The highest BCUT2D eigenvalue weighted by Crippen LogP contribution is 2.20. The highest BCUT2D eigenvalue weighted by Gasteiger charge is 2.20. The molecule has 0 radical (unpaired) electrons. The maximum atomic E-state index is 12.0. The smallest absolute Gasteiger partial charge is 0.339 e. The van der Waals surface area contributed by atoms with Gasteiger partial charge in [0.1, 0.15) is 17.4 Å². The minimum absolute atomic E-state index is 0.0620. The average molecular weight is 337 g/mol. The Bertz CT molecular complexity index is 582. The number of methoxy groups -OCH3 is 1. The number of carbonyl (C=O) groups excluding carboxylic acids is 1. The molecule has 0 spiro atoms. The fourth-order valence-corrected chi connectivity index (χ4v) is 2.47. The van der Waals surface area contributed by atoms with Crippen LogP contribution in [-0.2, 0) is 20.8 Å². The van der Waals surface area contributed by atoms with Gasteiger partial charge >= 0.3 is 5.97 Å². The van der Waals surface area contributed by atoms with Crippen LogP contribution in [-0.4, -0.2) is 49.5 Å². The average Bonchev–Trinajstić information content (AvgIpc) is 3.10. The number of hydrogen-bond donors (Lipinski definition) is 2. The summed E-state index contributed by atoms with van der Waals surface area (Å²) in [7, 11) is 1.41. The van der Waals surface area contributed by atoms with E-state index in [0.717, 1.165) is 19.4 Å². The van der Waals surface area contributed by atoms with Crippen molar-refractivity contribution < 1.29 is 28.9 Å². The summed E-state index contributed by atoms with van der Waals surface area (Å²) in [6, 6.07) is 4.77. The van der Waals surface area contributed by atoms with Gasteiger partial charge in [0.05, 0.1) is 19.8 Å². The number of benzene rings is 1. The Kier molecular flexibility index (Phi) is 6.57. The van der Waals surface area contributed by atoms with Crippen molar-refractivity contribution in [1.29, 1.82) is 0 Å². The van der Waals surface area contributed by atoms with Crippen LogP contribution in [0.4, 0.5) is 0 Å². The van der Waals surface area contributed by atoms with Gasteiger partial charge in [0.25, 0.3) is 0 Å². The van der Waals surface area contributed by atoms with E-state index in [9.17, 15) is 9.59 Å². The maximum Gasteiger partial charge on any atom is 0.339 e. The van der Waals surface area contributed by atoms with Crippen LogP contribution in [0.25, 0.3) is 0 Å². The monoisotopic (exact) mass is 337 g/mol. The summed E-state index contributed by atoms with van der Waals surface area (Å²) in [6.07, 6.45) is 1.46. The normalized spacial score (nSPS) is 18.2. The molecule has 1 fully saturated rings. The van der Waals surface area contributed by atoms with Crippen molar-refractivity contribution in [3.63, 3.8) is 0 Å². The van der Waals surface area contributed by atoms with Gasteiger partial charge in [-0.2, -0.15) is 0 Å². The molecule has 0 aliphatic carbocycles. The fraction of sp³-hybridized carbons (Fsp3) is 0.529. The second kappa shape index (κ2) is 8.65. The van der Waals surface area contributed by atoms with E-state index in [1.54, 1.807) is 19.1 Å². The molecule has 1 aromatic rings. The molecule has 0 bridgehead atoms. The number of nitrogens with one attached hydrogen (secondary N) is 1. The maximum absolute atomic E-state index is 12.0. The van der Waals surface area contributed by atoms with Gasteiger partial charge < -0.3 is 24.6 Å². The topological polar surface area (TPSA) is 94.1 Å². The summed E-state index contributed by atoms with van der Waals surface area (Å²) < 4.78 is 16.0. The van der Waals surface area contributed by atoms with Crippen molar-refractivity contribution in [3.05, 3.63) is 29.3 Å². The van der Waals surface area contributed by atoms with E-state index in [1.165, 1.54) is 13.2 Å².